The minimum Gasteiger partial charge on any atom is -0.491 e. The minimum absolute atomic E-state index is 0.0732. The molecule has 0 unspecified atom stereocenters. The number of ether oxygens (including phenoxy) is 1. The van der Waals surface area contributed by atoms with Crippen molar-refractivity contribution in [2.24, 2.45) is 0 Å². The second kappa shape index (κ2) is 8.81. The van der Waals surface area contributed by atoms with Gasteiger partial charge in [0.1, 0.15) is 5.75 Å². The highest BCUT2D eigenvalue weighted by Gasteiger charge is 2.07. The van der Waals surface area contributed by atoms with Crippen molar-refractivity contribution >= 4 is 27.5 Å². The summed E-state index contributed by atoms with van der Waals surface area (Å²) in [6.45, 7) is 4.67. The quantitative estimate of drug-likeness (QED) is 0.642. The zero-order chi connectivity index (χ0) is 18.4. The Balaban J connectivity index is 1.40. The summed E-state index contributed by atoms with van der Waals surface area (Å²) in [5.74, 6) is 0.952. The van der Waals surface area contributed by atoms with E-state index in [1.165, 1.54) is 10.3 Å². The third kappa shape index (κ3) is 5.30. The van der Waals surface area contributed by atoms with E-state index in [2.05, 4.69) is 16.4 Å². The maximum atomic E-state index is 12.0. The second-order valence-corrected chi connectivity index (χ2v) is 7.60. The van der Waals surface area contributed by atoms with Crippen LogP contribution >= 0.6 is 11.3 Å². The Hall–Kier alpha value is -2.40. The normalized spacial score (nSPS) is 11.0. The van der Waals surface area contributed by atoms with Crippen molar-refractivity contribution in [3.8, 4) is 5.75 Å². The van der Waals surface area contributed by atoms with Crippen LogP contribution < -0.4 is 10.1 Å². The predicted octanol–water partition coefficient (Wildman–Crippen LogP) is 4.38. The molecule has 1 aromatic heterocycles. The van der Waals surface area contributed by atoms with Gasteiger partial charge in [0.2, 0.25) is 5.91 Å². The van der Waals surface area contributed by atoms with Crippen molar-refractivity contribution < 1.29 is 9.53 Å². The number of carbonyl (C=O) groups excluding carboxylic acids is 1. The van der Waals surface area contributed by atoms with Crippen LogP contribution in [0.25, 0.3) is 10.2 Å². The molecule has 4 nitrogen and oxygen atoms in total. The molecule has 0 aliphatic heterocycles. The van der Waals surface area contributed by atoms with E-state index in [0.29, 0.717) is 19.4 Å². The lowest BCUT2D eigenvalue weighted by Crippen LogP contribution is -2.25. The summed E-state index contributed by atoms with van der Waals surface area (Å²) in [5, 5.41) is 4.00. The Bertz CT molecular complexity index is 823. The van der Waals surface area contributed by atoms with Gasteiger partial charge in [-0.1, -0.05) is 24.3 Å². The molecular formula is C21H24N2O2S. The molecule has 1 heterocycles. The summed E-state index contributed by atoms with van der Waals surface area (Å²) in [6, 6.07) is 16.1. The van der Waals surface area contributed by atoms with Crippen LogP contribution in [-0.4, -0.2) is 23.5 Å². The molecule has 1 N–H and O–H groups in total. The van der Waals surface area contributed by atoms with Gasteiger partial charge >= 0.3 is 0 Å². The monoisotopic (exact) mass is 368 g/mol. The van der Waals surface area contributed by atoms with Crippen molar-refractivity contribution in [2.45, 2.75) is 39.2 Å². The van der Waals surface area contributed by atoms with Crippen molar-refractivity contribution in [3.63, 3.8) is 0 Å². The Kier molecular flexibility index (Phi) is 6.23. The van der Waals surface area contributed by atoms with Crippen LogP contribution in [0.3, 0.4) is 0 Å². The van der Waals surface area contributed by atoms with Crippen LogP contribution in [0.15, 0.2) is 48.5 Å². The summed E-state index contributed by atoms with van der Waals surface area (Å²) in [5.41, 5.74) is 2.20. The summed E-state index contributed by atoms with van der Waals surface area (Å²) in [6.07, 6.45) is 2.15. The van der Waals surface area contributed by atoms with E-state index in [9.17, 15) is 4.79 Å². The first-order chi connectivity index (χ1) is 12.6. The van der Waals surface area contributed by atoms with Gasteiger partial charge in [-0.2, -0.15) is 0 Å². The topological polar surface area (TPSA) is 51.2 Å². The lowest BCUT2D eigenvalue weighted by atomic mass is 10.1. The highest BCUT2D eigenvalue weighted by atomic mass is 32.1. The fraction of sp³-hybridized carbons (Fsp3) is 0.333. The number of rotatable bonds is 8. The van der Waals surface area contributed by atoms with Crippen molar-refractivity contribution in [2.75, 3.05) is 6.54 Å². The van der Waals surface area contributed by atoms with Gasteiger partial charge < -0.3 is 10.1 Å². The van der Waals surface area contributed by atoms with Gasteiger partial charge in [0.05, 0.1) is 21.3 Å². The van der Waals surface area contributed by atoms with E-state index in [-0.39, 0.29) is 12.0 Å². The first kappa shape index (κ1) is 18.4. The zero-order valence-electron chi connectivity index (χ0n) is 15.2. The molecule has 3 rings (SSSR count). The third-order valence-corrected chi connectivity index (χ3v) is 5.03. The second-order valence-electron chi connectivity index (χ2n) is 6.49. The number of aryl methyl sites for hydroxylation is 1. The number of benzene rings is 2. The number of aromatic nitrogens is 1. The third-order valence-electron chi connectivity index (χ3n) is 3.94. The van der Waals surface area contributed by atoms with Crippen LogP contribution in [0.5, 0.6) is 5.75 Å². The largest absolute Gasteiger partial charge is 0.491 e. The SMILES string of the molecule is CC(C)Oc1ccc(CCNC(=O)CCc2nc3ccccc3s2)cc1. The molecule has 0 bridgehead atoms. The van der Waals surface area contributed by atoms with Crippen LogP contribution in [0.2, 0.25) is 0 Å². The average molecular weight is 369 g/mol. The number of nitrogens with zero attached hydrogens (tertiary/aromatic N) is 1. The van der Waals surface area contributed by atoms with Crippen molar-refractivity contribution in [1.29, 1.82) is 0 Å². The van der Waals surface area contributed by atoms with Gasteiger partial charge in [-0.15, -0.1) is 11.3 Å². The van der Waals surface area contributed by atoms with Crippen molar-refractivity contribution in [3.05, 3.63) is 59.1 Å². The molecule has 3 aromatic rings. The van der Waals surface area contributed by atoms with Crippen molar-refractivity contribution in [1.82, 2.24) is 10.3 Å². The van der Waals surface area contributed by atoms with Gasteiger partial charge in [-0.25, -0.2) is 4.98 Å². The van der Waals surface area contributed by atoms with Crippen LogP contribution in [0, 0.1) is 0 Å². The fourth-order valence-corrected chi connectivity index (χ4v) is 3.66. The molecule has 0 saturated heterocycles. The Labute approximate surface area is 158 Å². The maximum absolute atomic E-state index is 12.0. The smallest absolute Gasteiger partial charge is 0.220 e. The lowest BCUT2D eigenvalue weighted by molar-refractivity contribution is -0.121. The van der Waals surface area contributed by atoms with E-state index in [1.54, 1.807) is 11.3 Å². The average Bonchev–Trinajstić information content (AvgIpc) is 3.04. The Morgan fingerprint density at radius 3 is 2.62 bits per heavy atom. The Morgan fingerprint density at radius 1 is 1.12 bits per heavy atom. The van der Waals surface area contributed by atoms with Gasteiger partial charge in [-0.3, -0.25) is 4.79 Å². The summed E-state index contributed by atoms with van der Waals surface area (Å²) < 4.78 is 6.81. The molecule has 2 aromatic carbocycles. The number of fused-ring (bicyclic) bond motifs is 1. The molecule has 0 fully saturated rings. The molecule has 0 atom stereocenters. The number of hydrogen-bond acceptors (Lipinski definition) is 4. The van der Waals surface area contributed by atoms with Crippen LogP contribution in [0.4, 0.5) is 0 Å². The molecule has 0 spiro atoms. The molecule has 5 heteroatoms. The first-order valence-corrected chi connectivity index (χ1v) is 9.78. The highest BCUT2D eigenvalue weighted by molar-refractivity contribution is 7.18. The molecule has 0 saturated carbocycles. The number of thiazole rings is 1. The van der Waals surface area contributed by atoms with Gasteiger partial charge in [-0.05, 0) is 50.1 Å². The van der Waals surface area contributed by atoms with Gasteiger partial charge in [0.15, 0.2) is 0 Å². The van der Waals surface area contributed by atoms with E-state index in [1.807, 2.05) is 56.3 Å². The lowest BCUT2D eigenvalue weighted by Gasteiger charge is -2.10. The van der Waals surface area contributed by atoms with E-state index in [0.717, 1.165) is 22.7 Å². The molecule has 136 valence electrons. The molecule has 0 radical (unpaired) electrons. The van der Waals surface area contributed by atoms with Crippen LogP contribution in [0.1, 0.15) is 30.8 Å². The standard InChI is InChI=1S/C21H24N2O2S/c1-15(2)25-17-9-7-16(8-10-17)13-14-22-20(24)11-12-21-23-18-5-3-4-6-19(18)26-21/h3-10,15H,11-14H2,1-2H3,(H,22,24). The molecule has 1 amide bonds. The summed E-state index contributed by atoms with van der Waals surface area (Å²) in [7, 11) is 0. The number of carbonyl (C=O) groups is 1. The fourth-order valence-electron chi connectivity index (χ4n) is 2.69. The zero-order valence-corrected chi connectivity index (χ0v) is 16.0. The number of amides is 1. The number of hydrogen-bond donors (Lipinski definition) is 1. The predicted molar refractivity (Wildman–Crippen MR) is 107 cm³/mol. The summed E-state index contributed by atoms with van der Waals surface area (Å²) in [4.78, 5) is 16.6. The molecule has 26 heavy (non-hydrogen) atoms. The van der Waals surface area contributed by atoms with Gasteiger partial charge in [0.25, 0.3) is 0 Å². The summed E-state index contributed by atoms with van der Waals surface area (Å²) >= 11 is 1.66. The molecule has 0 aliphatic rings. The van der Waals surface area contributed by atoms with E-state index in [4.69, 9.17) is 4.74 Å². The Morgan fingerprint density at radius 2 is 1.88 bits per heavy atom. The first-order valence-electron chi connectivity index (χ1n) is 8.97. The van der Waals surface area contributed by atoms with E-state index < -0.39 is 0 Å². The number of nitrogens with one attached hydrogen (secondary N) is 1. The molecular weight excluding hydrogens is 344 g/mol. The number of para-hydroxylation sites is 1. The maximum Gasteiger partial charge on any atom is 0.220 e. The van der Waals surface area contributed by atoms with Crippen LogP contribution in [-0.2, 0) is 17.6 Å². The highest BCUT2D eigenvalue weighted by Crippen LogP contribution is 2.22. The van der Waals surface area contributed by atoms with E-state index >= 15 is 0 Å². The molecule has 0 aliphatic carbocycles. The van der Waals surface area contributed by atoms with Gasteiger partial charge in [0, 0.05) is 19.4 Å². The minimum atomic E-state index is 0.0732.